The Hall–Kier alpha value is 2.76. The zero-order valence-electron chi connectivity index (χ0n) is 2.03. The van der Waals surface area contributed by atoms with Crippen LogP contribution in [0.3, 0.4) is 0 Å². The van der Waals surface area contributed by atoms with Crippen molar-refractivity contribution in [2.45, 2.75) is 0 Å². The molecule has 0 aromatic carbocycles. The minimum absolute atomic E-state index is 0. The van der Waals surface area contributed by atoms with Gasteiger partial charge in [-0.25, -0.2) is 0 Å². The molecule has 0 spiro atoms. The van der Waals surface area contributed by atoms with Crippen LogP contribution in [0.25, 0.3) is 0 Å². The van der Waals surface area contributed by atoms with E-state index in [0.717, 1.165) is 0 Å². The number of hydrogen-bond donors (Lipinski definition) is 0. The van der Waals surface area contributed by atoms with Gasteiger partial charge < -0.3 is 0 Å². The molecule has 3 radical (unpaired) electrons. The Kier molecular flexibility index (Phi) is 67.9. The van der Waals surface area contributed by atoms with E-state index in [4.69, 9.17) is 3.87 Å². The van der Waals surface area contributed by atoms with Crippen LogP contribution in [0.4, 0.5) is 0 Å². The quantitative estimate of drug-likeness (QED) is 0.532. The van der Waals surface area contributed by atoms with Crippen LogP contribution in [-0.4, -0.2) is 37.7 Å². The molecule has 0 aromatic rings. The molecule has 0 N–H and O–H groups in total. The number of rotatable bonds is 0. The van der Waals surface area contributed by atoms with Crippen molar-refractivity contribution in [1.29, 1.82) is 0 Å². The van der Waals surface area contributed by atoms with E-state index in [1.807, 2.05) is 0 Å². The zero-order chi connectivity index (χ0) is 2.00. The molecule has 4 heavy (non-hydrogen) atoms. The van der Waals surface area contributed by atoms with E-state index in [-0.39, 0.29) is 73.3 Å². The van der Waals surface area contributed by atoms with Gasteiger partial charge >= 0.3 is 19.5 Å². The Morgan fingerprint density at radius 2 is 1.25 bits per heavy atom. The fourth-order valence-electron chi connectivity index (χ4n) is 0. The standard InChI is InChI=1S/Ca.Co.La.O. The van der Waals surface area contributed by atoms with Gasteiger partial charge in [0.2, 0.25) is 0 Å². The van der Waals surface area contributed by atoms with Gasteiger partial charge in [-0.1, -0.05) is 0 Å². The molecule has 0 aliphatic rings. The van der Waals surface area contributed by atoms with Crippen LogP contribution in [0.15, 0.2) is 0 Å². The Morgan fingerprint density at radius 3 is 1.25 bits per heavy atom. The van der Waals surface area contributed by atoms with E-state index in [0.29, 0.717) is 0 Å². The van der Waals surface area contributed by atoms with Gasteiger partial charge in [-0.05, 0) is 0 Å². The normalized spacial score (nSPS) is 1.25. The van der Waals surface area contributed by atoms with Crippen LogP contribution < -0.4 is 0 Å². The third-order valence-corrected chi connectivity index (χ3v) is 0. The van der Waals surface area contributed by atoms with Crippen molar-refractivity contribution < 1.29 is 55.1 Å². The molecule has 4 heteroatoms. The van der Waals surface area contributed by atoms with Crippen molar-refractivity contribution in [2.24, 2.45) is 0 Å². The maximum absolute atomic E-state index is 7.94. The second-order valence-electron chi connectivity index (χ2n) is 0. The summed E-state index contributed by atoms with van der Waals surface area (Å²) < 4.78 is 7.94. The molecular weight excluding hydrogens is 254 g/mol. The SMILES string of the molecule is [Ca].[La].[O]=[Co]. The first-order chi connectivity index (χ1) is 1.00. The fraction of sp³-hybridized carbons (Fsp3) is 0. The summed E-state index contributed by atoms with van der Waals surface area (Å²) in [6.45, 7) is 0. The van der Waals surface area contributed by atoms with Gasteiger partial charge in [-0.15, -0.1) is 0 Å². The first kappa shape index (κ1) is 15.9. The Labute approximate surface area is 90.7 Å². The van der Waals surface area contributed by atoms with Crippen molar-refractivity contribution in [1.82, 2.24) is 0 Å². The van der Waals surface area contributed by atoms with Gasteiger partial charge in [-0.2, -0.15) is 0 Å². The molecule has 0 atom stereocenters. The predicted molar refractivity (Wildman–Crippen MR) is 6.44 cm³/mol. The topological polar surface area (TPSA) is 17.1 Å². The molecule has 0 saturated carbocycles. The molecule has 0 heterocycles. The molecule has 20 valence electrons. The molecule has 0 saturated heterocycles. The first-order valence-corrected chi connectivity index (χ1v) is 0.561. The average molecular weight is 254 g/mol. The molecule has 0 aromatic heterocycles. The summed E-state index contributed by atoms with van der Waals surface area (Å²) in [6.07, 6.45) is 0. The van der Waals surface area contributed by atoms with E-state index in [2.05, 4.69) is 15.7 Å². The minimum atomic E-state index is 0. The predicted octanol–water partition coefficient (Wildman–Crippen LogP) is -0.502. The third-order valence-electron chi connectivity index (χ3n) is 0. The summed E-state index contributed by atoms with van der Waals surface area (Å²) in [7, 11) is 0. The Morgan fingerprint density at radius 1 is 1.25 bits per heavy atom. The fourth-order valence-corrected chi connectivity index (χ4v) is 0. The second kappa shape index (κ2) is 17.1. The summed E-state index contributed by atoms with van der Waals surface area (Å²) in [6, 6.07) is 0. The van der Waals surface area contributed by atoms with Crippen molar-refractivity contribution in [3.05, 3.63) is 0 Å². The zero-order valence-corrected chi connectivity index (χ0v) is 8.90. The van der Waals surface area contributed by atoms with Gasteiger partial charge in [0.25, 0.3) is 0 Å². The van der Waals surface area contributed by atoms with Crippen LogP contribution in [-0.2, 0) is 19.5 Å². The molecule has 0 amide bonds. The summed E-state index contributed by atoms with van der Waals surface area (Å²) in [4.78, 5) is 0. The van der Waals surface area contributed by atoms with Gasteiger partial charge in [0, 0.05) is 73.3 Å². The second-order valence-corrected chi connectivity index (χ2v) is 0. The molecule has 0 fully saturated rings. The molecule has 0 aliphatic heterocycles. The third kappa shape index (κ3) is 8.83. The van der Waals surface area contributed by atoms with Crippen LogP contribution in [0.1, 0.15) is 0 Å². The van der Waals surface area contributed by atoms with E-state index in [1.54, 1.807) is 0 Å². The Balaban J connectivity index is -0.00000000500. The van der Waals surface area contributed by atoms with Crippen LogP contribution >= 0.6 is 0 Å². The molecule has 0 rings (SSSR count). The van der Waals surface area contributed by atoms with Crippen molar-refractivity contribution in [2.75, 3.05) is 0 Å². The van der Waals surface area contributed by atoms with Crippen molar-refractivity contribution in [3.63, 3.8) is 0 Å². The van der Waals surface area contributed by atoms with Gasteiger partial charge in [-0.3, -0.25) is 0 Å². The summed E-state index contributed by atoms with van der Waals surface area (Å²) in [5, 5.41) is 0. The van der Waals surface area contributed by atoms with Gasteiger partial charge in [0.1, 0.15) is 0 Å². The molecule has 0 unspecified atom stereocenters. The summed E-state index contributed by atoms with van der Waals surface area (Å²) >= 11 is 2.31. The van der Waals surface area contributed by atoms with Crippen molar-refractivity contribution in [3.8, 4) is 0 Å². The van der Waals surface area contributed by atoms with Crippen molar-refractivity contribution >= 4 is 37.7 Å². The van der Waals surface area contributed by atoms with E-state index in [1.165, 1.54) is 0 Å². The average Bonchev–Trinajstić information content (AvgIpc) is 1.00. The Bertz CT molecular complexity index is 8.00. The maximum atomic E-state index is 7.94. The van der Waals surface area contributed by atoms with Gasteiger partial charge in [0.05, 0.1) is 0 Å². The molecule has 0 bridgehead atoms. The number of hydrogen-bond acceptors (Lipinski definition) is 1. The molecule has 0 aliphatic carbocycles. The van der Waals surface area contributed by atoms with E-state index in [9.17, 15) is 0 Å². The van der Waals surface area contributed by atoms with Crippen LogP contribution in [0, 0.1) is 35.6 Å². The first-order valence-electron chi connectivity index (χ1n) is 0.136. The van der Waals surface area contributed by atoms with Gasteiger partial charge in [0.15, 0.2) is 0 Å². The van der Waals surface area contributed by atoms with Crippen LogP contribution in [0.2, 0.25) is 0 Å². The van der Waals surface area contributed by atoms with E-state index < -0.39 is 0 Å². The summed E-state index contributed by atoms with van der Waals surface area (Å²) in [5.41, 5.74) is 0. The monoisotopic (exact) mass is 254 g/mol. The molecule has 1 nitrogen and oxygen atoms in total. The molecular formula is CaCoLaO. The van der Waals surface area contributed by atoms with Crippen LogP contribution in [0.5, 0.6) is 0 Å². The van der Waals surface area contributed by atoms with E-state index >= 15 is 0 Å². The summed E-state index contributed by atoms with van der Waals surface area (Å²) in [5.74, 6) is 0.